The van der Waals surface area contributed by atoms with Crippen LogP contribution in [0.2, 0.25) is 0 Å². The molecule has 2 aromatic carbocycles. The van der Waals surface area contributed by atoms with Crippen LogP contribution in [0.4, 0.5) is 11.8 Å². The van der Waals surface area contributed by atoms with E-state index in [-0.39, 0.29) is 5.91 Å². The van der Waals surface area contributed by atoms with Crippen LogP contribution in [-0.2, 0) is 4.74 Å². The van der Waals surface area contributed by atoms with Gasteiger partial charge in [0.1, 0.15) is 11.6 Å². The fourth-order valence-corrected chi connectivity index (χ4v) is 4.65. The molecule has 178 valence electrons. The molecule has 3 heterocycles. The number of morpholine rings is 1. The second-order valence-electron chi connectivity index (χ2n) is 8.64. The van der Waals surface area contributed by atoms with Crippen LogP contribution in [0.1, 0.15) is 23.0 Å². The summed E-state index contributed by atoms with van der Waals surface area (Å²) >= 11 is 0. The standard InChI is InChI=1S/C26H31N5O3/c1-3-34-22-9-8-20-6-4-5-7-21(20)24(22)25(32)30-10-12-31(13-11-30)26-27-19(2)18-23(28-26)29-14-16-33-17-15-29/h4-9,18H,3,10-17H2,1-2H3. The minimum atomic E-state index is 0.0130. The van der Waals surface area contributed by atoms with E-state index in [0.29, 0.717) is 44.1 Å². The first-order chi connectivity index (χ1) is 16.6. The molecular formula is C26H31N5O3. The Balaban J connectivity index is 1.34. The Morgan fingerprint density at radius 1 is 0.971 bits per heavy atom. The Morgan fingerprint density at radius 2 is 1.74 bits per heavy atom. The number of fused-ring (bicyclic) bond motifs is 1. The maximum Gasteiger partial charge on any atom is 0.258 e. The van der Waals surface area contributed by atoms with E-state index in [4.69, 9.17) is 19.4 Å². The van der Waals surface area contributed by atoms with Crippen LogP contribution in [0, 0.1) is 6.92 Å². The van der Waals surface area contributed by atoms with Crippen LogP contribution in [0.15, 0.2) is 42.5 Å². The number of piperazine rings is 1. The molecule has 1 amide bonds. The third kappa shape index (κ3) is 4.50. The highest BCUT2D eigenvalue weighted by Gasteiger charge is 2.27. The molecule has 0 bridgehead atoms. The molecule has 2 fully saturated rings. The highest BCUT2D eigenvalue weighted by atomic mass is 16.5. The first kappa shape index (κ1) is 22.4. The number of hydrogen-bond donors (Lipinski definition) is 0. The summed E-state index contributed by atoms with van der Waals surface area (Å²) in [6.07, 6.45) is 0. The van der Waals surface area contributed by atoms with Crippen LogP contribution in [0.25, 0.3) is 10.8 Å². The van der Waals surface area contributed by atoms with Crippen LogP contribution in [0.5, 0.6) is 5.75 Å². The molecule has 0 unspecified atom stereocenters. The number of aromatic nitrogens is 2. The SMILES string of the molecule is CCOc1ccc2ccccc2c1C(=O)N1CCN(c2nc(C)cc(N3CCOCC3)n2)CC1. The van der Waals surface area contributed by atoms with Crippen molar-refractivity contribution in [3.05, 3.63) is 53.7 Å². The summed E-state index contributed by atoms with van der Waals surface area (Å²) < 4.78 is 11.3. The quantitative estimate of drug-likeness (QED) is 0.578. The van der Waals surface area contributed by atoms with E-state index >= 15 is 0 Å². The number of hydrogen-bond acceptors (Lipinski definition) is 7. The predicted octanol–water partition coefficient (Wildman–Crippen LogP) is 3.14. The second kappa shape index (κ2) is 9.85. The number of rotatable bonds is 5. The van der Waals surface area contributed by atoms with Gasteiger partial charge in [-0.2, -0.15) is 4.98 Å². The van der Waals surface area contributed by atoms with Crippen LogP contribution in [-0.4, -0.2) is 79.9 Å². The van der Waals surface area contributed by atoms with Crippen molar-refractivity contribution in [2.75, 3.05) is 68.9 Å². The Bertz CT molecular complexity index is 1170. The van der Waals surface area contributed by atoms with Gasteiger partial charge in [-0.15, -0.1) is 0 Å². The monoisotopic (exact) mass is 461 g/mol. The van der Waals surface area contributed by atoms with Crippen molar-refractivity contribution in [2.45, 2.75) is 13.8 Å². The molecule has 8 heteroatoms. The molecule has 0 saturated carbocycles. The smallest absolute Gasteiger partial charge is 0.258 e. The third-order valence-corrected chi connectivity index (χ3v) is 6.42. The molecule has 0 N–H and O–H groups in total. The number of amides is 1. The van der Waals surface area contributed by atoms with E-state index in [1.165, 1.54) is 0 Å². The summed E-state index contributed by atoms with van der Waals surface area (Å²) in [5, 5.41) is 1.97. The van der Waals surface area contributed by atoms with E-state index in [1.807, 2.05) is 61.2 Å². The minimum Gasteiger partial charge on any atom is -0.493 e. The Morgan fingerprint density at radius 3 is 2.50 bits per heavy atom. The number of aryl methyl sites for hydroxylation is 1. The number of carbonyl (C=O) groups is 1. The van der Waals surface area contributed by atoms with Gasteiger partial charge in [-0.3, -0.25) is 4.79 Å². The molecule has 1 aromatic heterocycles. The van der Waals surface area contributed by atoms with Crippen LogP contribution in [0.3, 0.4) is 0 Å². The van der Waals surface area contributed by atoms with Gasteiger partial charge in [0.05, 0.1) is 25.4 Å². The van der Waals surface area contributed by atoms with Crippen molar-refractivity contribution < 1.29 is 14.3 Å². The lowest BCUT2D eigenvalue weighted by atomic mass is 10.0. The maximum absolute atomic E-state index is 13.6. The van der Waals surface area contributed by atoms with Gasteiger partial charge in [0, 0.05) is 51.0 Å². The summed E-state index contributed by atoms with van der Waals surface area (Å²) in [7, 11) is 0. The zero-order valence-electron chi connectivity index (χ0n) is 19.9. The van der Waals surface area contributed by atoms with Gasteiger partial charge < -0.3 is 24.2 Å². The summed E-state index contributed by atoms with van der Waals surface area (Å²) in [6.45, 7) is 10.2. The normalized spacial score (nSPS) is 16.7. The molecular weight excluding hydrogens is 430 g/mol. The van der Waals surface area contributed by atoms with E-state index in [0.717, 1.165) is 54.5 Å². The summed E-state index contributed by atoms with van der Waals surface area (Å²) in [4.78, 5) is 29.5. The molecule has 0 radical (unpaired) electrons. The number of carbonyl (C=O) groups excluding carboxylic acids is 1. The van der Waals surface area contributed by atoms with Gasteiger partial charge in [0.25, 0.3) is 5.91 Å². The number of anilines is 2. The van der Waals surface area contributed by atoms with Crippen molar-refractivity contribution >= 4 is 28.4 Å². The minimum absolute atomic E-state index is 0.0130. The topological polar surface area (TPSA) is 71.0 Å². The van der Waals surface area contributed by atoms with Crippen molar-refractivity contribution in [2.24, 2.45) is 0 Å². The van der Waals surface area contributed by atoms with Gasteiger partial charge in [-0.1, -0.05) is 30.3 Å². The molecule has 2 saturated heterocycles. The van der Waals surface area contributed by atoms with Gasteiger partial charge in [-0.25, -0.2) is 4.98 Å². The second-order valence-corrected chi connectivity index (χ2v) is 8.64. The lowest BCUT2D eigenvalue weighted by Crippen LogP contribution is -2.49. The Labute approximate surface area is 200 Å². The first-order valence-corrected chi connectivity index (χ1v) is 12.0. The van der Waals surface area contributed by atoms with E-state index in [9.17, 15) is 4.79 Å². The average molecular weight is 462 g/mol. The van der Waals surface area contributed by atoms with Crippen LogP contribution < -0.4 is 14.5 Å². The maximum atomic E-state index is 13.6. The van der Waals surface area contributed by atoms with Gasteiger partial charge in [0.2, 0.25) is 5.95 Å². The number of benzene rings is 2. The average Bonchev–Trinajstić information content (AvgIpc) is 2.88. The zero-order chi connectivity index (χ0) is 23.5. The largest absolute Gasteiger partial charge is 0.493 e. The lowest BCUT2D eigenvalue weighted by molar-refractivity contribution is 0.0744. The Kier molecular flexibility index (Phi) is 6.49. The first-order valence-electron chi connectivity index (χ1n) is 12.0. The van der Waals surface area contributed by atoms with Gasteiger partial charge >= 0.3 is 0 Å². The molecule has 0 aliphatic carbocycles. The highest BCUT2D eigenvalue weighted by molar-refractivity contribution is 6.09. The summed E-state index contributed by atoms with van der Waals surface area (Å²) in [5.41, 5.74) is 1.59. The van der Waals surface area contributed by atoms with Gasteiger partial charge in [-0.05, 0) is 30.7 Å². The zero-order valence-corrected chi connectivity index (χ0v) is 19.9. The molecule has 2 aliphatic heterocycles. The fourth-order valence-electron chi connectivity index (χ4n) is 4.65. The third-order valence-electron chi connectivity index (χ3n) is 6.42. The lowest BCUT2D eigenvalue weighted by Gasteiger charge is -2.36. The molecule has 0 atom stereocenters. The van der Waals surface area contributed by atoms with Crippen molar-refractivity contribution in [1.29, 1.82) is 0 Å². The van der Waals surface area contributed by atoms with E-state index in [1.54, 1.807) is 0 Å². The molecule has 5 rings (SSSR count). The van der Waals surface area contributed by atoms with E-state index < -0.39 is 0 Å². The summed E-state index contributed by atoms with van der Waals surface area (Å²) in [6, 6.07) is 13.9. The van der Waals surface area contributed by atoms with Crippen molar-refractivity contribution in [1.82, 2.24) is 14.9 Å². The summed E-state index contributed by atoms with van der Waals surface area (Å²) in [5.74, 6) is 2.33. The van der Waals surface area contributed by atoms with Crippen molar-refractivity contribution in [3.63, 3.8) is 0 Å². The molecule has 0 spiro atoms. The van der Waals surface area contributed by atoms with Crippen LogP contribution >= 0.6 is 0 Å². The molecule has 3 aromatic rings. The van der Waals surface area contributed by atoms with E-state index in [2.05, 4.69) is 9.80 Å². The Hall–Kier alpha value is -3.39. The fraction of sp³-hybridized carbons (Fsp3) is 0.423. The highest BCUT2D eigenvalue weighted by Crippen LogP contribution is 2.30. The molecule has 8 nitrogen and oxygen atoms in total. The van der Waals surface area contributed by atoms with Gasteiger partial charge in [0.15, 0.2) is 0 Å². The number of nitrogens with zero attached hydrogens (tertiary/aromatic N) is 5. The molecule has 34 heavy (non-hydrogen) atoms. The predicted molar refractivity (Wildman–Crippen MR) is 133 cm³/mol. The molecule has 2 aliphatic rings. The van der Waals surface area contributed by atoms with Crippen molar-refractivity contribution in [3.8, 4) is 5.75 Å². The number of ether oxygens (including phenoxy) is 2.